The van der Waals surface area contributed by atoms with E-state index in [1.165, 1.54) is 25.7 Å². The van der Waals surface area contributed by atoms with Crippen LogP contribution in [0.3, 0.4) is 0 Å². The Balaban J connectivity index is 0.000000394. The van der Waals surface area contributed by atoms with Crippen molar-refractivity contribution in [2.75, 3.05) is 0 Å². The van der Waals surface area contributed by atoms with E-state index in [-0.39, 0.29) is 0 Å². The molecule has 2 rings (SSSR count). The van der Waals surface area contributed by atoms with Crippen LogP contribution in [-0.2, 0) is 36.8 Å². The van der Waals surface area contributed by atoms with E-state index in [9.17, 15) is 19.8 Å². The van der Waals surface area contributed by atoms with Gasteiger partial charge in [-0.15, -0.1) is 0 Å². The Hall–Kier alpha value is -2.90. The maximum Gasteiger partial charge on any atom is 0.243 e. The minimum atomic E-state index is -1.55. The Bertz CT molecular complexity index is 659. The predicted octanol–water partition coefficient (Wildman–Crippen LogP) is -0.732. The molecule has 0 aliphatic rings. The van der Waals surface area contributed by atoms with Gasteiger partial charge in [-0.25, -0.2) is 18.3 Å². The number of nitrogens with zero attached hydrogens (tertiary/aromatic N) is 4. The number of carbonyl (C=O) groups is 2. The Kier molecular flexibility index (Phi) is 13.6. The monoisotopic (exact) mass is 392 g/mol. The molecule has 0 aliphatic heterocycles. The number of carbonyl (C=O) groups excluding carboxylic acids is 2. The molecule has 0 saturated heterocycles. The minimum absolute atomic E-state index is 0.384. The fraction of sp³-hybridized carbons (Fsp3) is 0.500. The van der Waals surface area contributed by atoms with Gasteiger partial charge in [0.05, 0.1) is 39.1 Å². The molecule has 0 amide bonds. The maximum absolute atomic E-state index is 9.41. The number of carboxylic acids is 2. The Morgan fingerprint density at radius 3 is 1.39 bits per heavy atom. The lowest BCUT2D eigenvalue weighted by molar-refractivity contribution is -0.671. The highest BCUT2D eigenvalue weighted by atomic mass is 16.4. The molecule has 0 saturated carbocycles. The van der Waals surface area contributed by atoms with Crippen molar-refractivity contribution < 1.29 is 28.9 Å². The van der Waals surface area contributed by atoms with Gasteiger partial charge in [0, 0.05) is 0 Å². The number of aromatic nitrogens is 4. The number of hydrogen-bond donors (Lipinski definition) is 0. The lowest BCUT2D eigenvalue weighted by Crippen LogP contribution is -2.23. The van der Waals surface area contributed by atoms with Gasteiger partial charge in [0.2, 0.25) is 12.7 Å². The summed E-state index contributed by atoms with van der Waals surface area (Å²) in [5.74, 6) is -3.09. The molecule has 0 atom stereocenters. The van der Waals surface area contributed by atoms with Crippen molar-refractivity contribution in [2.45, 2.75) is 52.6 Å². The summed E-state index contributed by atoms with van der Waals surface area (Å²) < 4.78 is 8.55. The van der Waals surface area contributed by atoms with Crippen molar-refractivity contribution in [2.24, 2.45) is 14.1 Å². The third kappa shape index (κ3) is 14.3. The molecular formula is C20H32N4O4. The SMILES string of the molecule is CCCCn1cc[n+](C)c1.CCCCn1cc[n+](C)c1.O=C([O-])C=CC(=O)[O-]. The van der Waals surface area contributed by atoms with Gasteiger partial charge in [-0.2, -0.15) is 0 Å². The summed E-state index contributed by atoms with van der Waals surface area (Å²) in [4.78, 5) is 18.8. The van der Waals surface area contributed by atoms with E-state index < -0.39 is 11.9 Å². The first-order valence-corrected chi connectivity index (χ1v) is 9.40. The number of aliphatic carboxylic acids is 2. The van der Waals surface area contributed by atoms with Crippen LogP contribution in [0, 0.1) is 0 Å². The van der Waals surface area contributed by atoms with E-state index in [1.807, 2.05) is 14.1 Å². The molecule has 0 unspecified atom stereocenters. The fourth-order valence-electron chi connectivity index (χ4n) is 2.09. The Labute approximate surface area is 167 Å². The summed E-state index contributed by atoms with van der Waals surface area (Å²) in [5.41, 5.74) is 0. The average molecular weight is 393 g/mol. The van der Waals surface area contributed by atoms with E-state index in [1.54, 1.807) is 0 Å². The standard InChI is InChI=1S/2C8H15N2.C4H4O4/c2*1-3-4-5-10-7-6-9(2)8-10;5-3(6)1-2-4(7)8/h2*6-8H,3-5H2,1-2H3;1-2H,(H,5,6)(H,7,8)/q2*+1;/p-2. The highest BCUT2D eigenvalue weighted by Crippen LogP contribution is 1.92. The summed E-state index contributed by atoms with van der Waals surface area (Å²) >= 11 is 0. The van der Waals surface area contributed by atoms with Gasteiger partial charge >= 0.3 is 0 Å². The highest BCUT2D eigenvalue weighted by molar-refractivity contribution is 5.87. The molecule has 8 nitrogen and oxygen atoms in total. The molecular weight excluding hydrogens is 360 g/mol. The molecule has 8 heteroatoms. The molecule has 0 radical (unpaired) electrons. The first-order chi connectivity index (χ1) is 13.3. The highest BCUT2D eigenvalue weighted by Gasteiger charge is 1.97. The van der Waals surface area contributed by atoms with Crippen LogP contribution < -0.4 is 19.3 Å². The first-order valence-electron chi connectivity index (χ1n) is 9.40. The fourth-order valence-corrected chi connectivity index (χ4v) is 2.09. The molecule has 0 fully saturated rings. The number of imidazole rings is 2. The summed E-state index contributed by atoms with van der Waals surface area (Å²) in [6, 6.07) is 0. The Morgan fingerprint density at radius 2 is 1.18 bits per heavy atom. The average Bonchev–Trinajstić information content (AvgIpc) is 3.25. The van der Waals surface area contributed by atoms with E-state index in [0.717, 1.165) is 13.1 Å². The second kappa shape index (κ2) is 15.2. The van der Waals surface area contributed by atoms with Crippen molar-refractivity contribution >= 4 is 11.9 Å². The number of unbranched alkanes of at least 4 members (excludes halogenated alkanes) is 2. The molecule has 0 aliphatic carbocycles. The quantitative estimate of drug-likeness (QED) is 0.437. The van der Waals surface area contributed by atoms with E-state index in [0.29, 0.717) is 12.2 Å². The summed E-state index contributed by atoms with van der Waals surface area (Å²) in [7, 11) is 4.09. The van der Waals surface area contributed by atoms with Gasteiger partial charge < -0.3 is 19.8 Å². The third-order valence-electron chi connectivity index (χ3n) is 3.54. The molecule has 0 spiro atoms. The smallest absolute Gasteiger partial charge is 0.243 e. The molecule has 156 valence electrons. The van der Waals surface area contributed by atoms with Gasteiger partial charge in [0.15, 0.2) is 0 Å². The van der Waals surface area contributed by atoms with Crippen LogP contribution in [0.2, 0.25) is 0 Å². The van der Waals surface area contributed by atoms with Crippen LogP contribution in [0.25, 0.3) is 0 Å². The first kappa shape index (κ1) is 25.1. The zero-order chi connectivity index (χ0) is 21.4. The topological polar surface area (TPSA) is 97.9 Å². The molecule has 0 aromatic carbocycles. The third-order valence-corrected chi connectivity index (χ3v) is 3.54. The molecule has 2 heterocycles. The zero-order valence-electron chi connectivity index (χ0n) is 17.3. The number of aryl methyl sites for hydroxylation is 4. The molecule has 28 heavy (non-hydrogen) atoms. The van der Waals surface area contributed by atoms with Crippen molar-refractivity contribution in [3.05, 3.63) is 49.6 Å². The van der Waals surface area contributed by atoms with Crippen LogP contribution >= 0.6 is 0 Å². The second-order valence-corrected chi connectivity index (χ2v) is 6.31. The van der Waals surface area contributed by atoms with Gasteiger partial charge in [-0.3, -0.25) is 0 Å². The van der Waals surface area contributed by atoms with E-state index in [2.05, 4.69) is 69.6 Å². The minimum Gasteiger partial charge on any atom is -0.545 e. The number of hydrogen-bond acceptors (Lipinski definition) is 4. The van der Waals surface area contributed by atoms with Crippen LogP contribution in [0.5, 0.6) is 0 Å². The van der Waals surface area contributed by atoms with Gasteiger partial charge in [0.1, 0.15) is 24.8 Å². The van der Waals surface area contributed by atoms with Crippen molar-refractivity contribution in [3.63, 3.8) is 0 Å². The number of rotatable bonds is 8. The second-order valence-electron chi connectivity index (χ2n) is 6.31. The molecule has 2 aromatic heterocycles. The van der Waals surface area contributed by atoms with Crippen LogP contribution in [0.1, 0.15) is 39.5 Å². The lowest BCUT2D eigenvalue weighted by Gasteiger charge is -1.90. The van der Waals surface area contributed by atoms with E-state index >= 15 is 0 Å². The van der Waals surface area contributed by atoms with Crippen molar-refractivity contribution in [3.8, 4) is 0 Å². The van der Waals surface area contributed by atoms with Gasteiger partial charge in [-0.1, -0.05) is 26.7 Å². The predicted molar refractivity (Wildman–Crippen MR) is 100 cm³/mol. The lowest BCUT2D eigenvalue weighted by atomic mass is 10.3. The summed E-state index contributed by atoms with van der Waals surface area (Å²) in [6.07, 6.45) is 18.4. The summed E-state index contributed by atoms with van der Waals surface area (Å²) in [6.45, 7) is 6.72. The van der Waals surface area contributed by atoms with Crippen LogP contribution in [0.15, 0.2) is 49.6 Å². The van der Waals surface area contributed by atoms with Crippen LogP contribution in [0.4, 0.5) is 0 Å². The molecule has 0 bridgehead atoms. The normalized spacial score (nSPS) is 10.0. The Morgan fingerprint density at radius 1 is 0.821 bits per heavy atom. The number of carboxylic acid groups (broad SMARTS) is 2. The summed E-state index contributed by atoms with van der Waals surface area (Å²) in [5, 5.41) is 18.8. The largest absolute Gasteiger partial charge is 0.545 e. The van der Waals surface area contributed by atoms with Crippen molar-refractivity contribution in [1.29, 1.82) is 0 Å². The van der Waals surface area contributed by atoms with Gasteiger partial charge in [-0.05, 0) is 25.0 Å². The van der Waals surface area contributed by atoms with Crippen molar-refractivity contribution in [1.82, 2.24) is 9.13 Å². The van der Waals surface area contributed by atoms with E-state index in [4.69, 9.17) is 0 Å². The zero-order valence-corrected chi connectivity index (χ0v) is 17.3. The van der Waals surface area contributed by atoms with Gasteiger partial charge in [0.25, 0.3) is 0 Å². The van der Waals surface area contributed by atoms with Crippen LogP contribution in [-0.4, -0.2) is 21.1 Å². The molecule has 2 aromatic rings. The molecule has 0 N–H and O–H groups in total. The maximum atomic E-state index is 9.41.